The lowest BCUT2D eigenvalue weighted by atomic mass is 10.00. The summed E-state index contributed by atoms with van der Waals surface area (Å²) in [6.45, 7) is 0.475. The minimum atomic E-state index is -0.462. The van der Waals surface area contributed by atoms with Crippen molar-refractivity contribution < 1.29 is 9.13 Å². The second-order valence-corrected chi connectivity index (χ2v) is 6.90. The quantitative estimate of drug-likeness (QED) is 0.690. The van der Waals surface area contributed by atoms with Crippen LogP contribution in [0.2, 0.25) is 10.0 Å². The molecule has 1 unspecified atom stereocenters. The van der Waals surface area contributed by atoms with Crippen LogP contribution in [-0.4, -0.2) is 16.4 Å². The predicted molar refractivity (Wildman–Crippen MR) is 103 cm³/mol. The van der Waals surface area contributed by atoms with Gasteiger partial charge in [0.1, 0.15) is 16.6 Å². The zero-order chi connectivity index (χ0) is 19.0. The molecule has 0 radical (unpaired) electrons. The molecule has 27 heavy (non-hydrogen) atoms. The van der Waals surface area contributed by atoms with Gasteiger partial charge in [0.05, 0.1) is 30.2 Å². The van der Waals surface area contributed by atoms with Crippen molar-refractivity contribution >= 4 is 28.9 Å². The number of hydrogen-bond acceptors (Lipinski definition) is 4. The first-order valence-corrected chi connectivity index (χ1v) is 9.01. The number of ether oxygens (including phenoxy) is 1. The predicted octanol–water partition coefficient (Wildman–Crippen LogP) is 4.61. The van der Waals surface area contributed by atoms with Crippen LogP contribution < -0.4 is 15.6 Å². The van der Waals surface area contributed by atoms with Gasteiger partial charge in [-0.1, -0.05) is 23.2 Å². The molecule has 0 saturated carbocycles. The van der Waals surface area contributed by atoms with Crippen molar-refractivity contribution in [1.82, 2.24) is 9.78 Å². The fourth-order valence-corrected chi connectivity index (χ4v) is 3.31. The lowest BCUT2D eigenvalue weighted by Gasteiger charge is -2.27. The van der Waals surface area contributed by atoms with Crippen molar-refractivity contribution in [2.45, 2.75) is 12.5 Å². The van der Waals surface area contributed by atoms with Crippen LogP contribution in [-0.2, 0) is 0 Å². The van der Waals surface area contributed by atoms with Crippen molar-refractivity contribution in [3.8, 4) is 11.4 Å². The molecule has 2 aromatic carbocycles. The maximum absolute atomic E-state index is 13.6. The van der Waals surface area contributed by atoms with Crippen LogP contribution in [0.25, 0.3) is 5.69 Å². The van der Waals surface area contributed by atoms with Gasteiger partial charge in [-0.15, -0.1) is 0 Å². The summed E-state index contributed by atoms with van der Waals surface area (Å²) >= 11 is 12.2. The maximum atomic E-state index is 13.6. The molecule has 1 atom stereocenters. The number of benzene rings is 2. The van der Waals surface area contributed by atoms with Crippen molar-refractivity contribution in [2.75, 3.05) is 11.9 Å². The molecule has 5 nitrogen and oxygen atoms in total. The van der Waals surface area contributed by atoms with E-state index in [9.17, 15) is 9.18 Å². The molecule has 2 heterocycles. The van der Waals surface area contributed by atoms with E-state index in [-0.39, 0.29) is 16.9 Å². The summed E-state index contributed by atoms with van der Waals surface area (Å²) in [5, 5.41) is 7.93. The van der Waals surface area contributed by atoms with Gasteiger partial charge >= 0.3 is 0 Å². The third-order valence-electron chi connectivity index (χ3n) is 4.33. The van der Waals surface area contributed by atoms with Gasteiger partial charge in [-0.05, 0) is 42.5 Å². The minimum Gasteiger partial charge on any atom is -0.493 e. The van der Waals surface area contributed by atoms with Gasteiger partial charge in [-0.2, -0.15) is 9.78 Å². The molecule has 0 saturated heterocycles. The van der Waals surface area contributed by atoms with Gasteiger partial charge in [0.25, 0.3) is 5.56 Å². The van der Waals surface area contributed by atoms with Crippen LogP contribution in [0.3, 0.4) is 0 Å². The number of aromatic nitrogens is 2. The van der Waals surface area contributed by atoms with E-state index < -0.39 is 5.56 Å². The summed E-state index contributed by atoms with van der Waals surface area (Å²) in [4.78, 5) is 12.6. The van der Waals surface area contributed by atoms with Gasteiger partial charge < -0.3 is 10.1 Å². The first kappa shape index (κ1) is 17.8. The summed E-state index contributed by atoms with van der Waals surface area (Å²) in [5.41, 5.74) is 1.15. The van der Waals surface area contributed by atoms with E-state index in [0.29, 0.717) is 40.7 Å². The zero-order valence-corrected chi connectivity index (χ0v) is 15.5. The molecule has 0 fully saturated rings. The lowest BCUT2D eigenvalue weighted by Crippen LogP contribution is -2.25. The van der Waals surface area contributed by atoms with Crippen LogP contribution in [0.4, 0.5) is 10.1 Å². The largest absolute Gasteiger partial charge is 0.493 e. The fraction of sp³-hybridized carbons (Fsp3) is 0.158. The van der Waals surface area contributed by atoms with Crippen LogP contribution in [0.5, 0.6) is 5.75 Å². The van der Waals surface area contributed by atoms with E-state index in [1.54, 1.807) is 30.3 Å². The SMILES string of the molecule is O=c1c(Cl)c(NC2CCOc3ccc(F)cc32)cnn1-c1ccc(Cl)cc1. The Kier molecular flexibility index (Phi) is 4.76. The molecule has 1 aromatic heterocycles. The van der Waals surface area contributed by atoms with Crippen LogP contribution in [0.1, 0.15) is 18.0 Å². The summed E-state index contributed by atoms with van der Waals surface area (Å²) in [6.07, 6.45) is 2.08. The lowest BCUT2D eigenvalue weighted by molar-refractivity contribution is 0.273. The van der Waals surface area contributed by atoms with E-state index in [2.05, 4.69) is 10.4 Å². The highest BCUT2D eigenvalue weighted by Crippen LogP contribution is 2.35. The standard InChI is InChI=1S/C19H14Cl2FN3O2/c20-11-1-4-13(5-2-11)25-19(26)18(21)16(10-23-25)24-15-7-8-27-17-6-3-12(22)9-14(15)17/h1-6,9-10,15,24H,7-8H2. The van der Waals surface area contributed by atoms with E-state index in [1.165, 1.54) is 23.0 Å². The molecule has 138 valence electrons. The molecule has 0 bridgehead atoms. The number of anilines is 1. The Morgan fingerprint density at radius 3 is 2.74 bits per heavy atom. The van der Waals surface area contributed by atoms with Crippen LogP contribution in [0, 0.1) is 5.82 Å². The van der Waals surface area contributed by atoms with Gasteiger partial charge in [-0.25, -0.2) is 4.39 Å². The summed E-state index contributed by atoms with van der Waals surface area (Å²) in [7, 11) is 0. The normalized spacial score (nSPS) is 15.7. The van der Waals surface area contributed by atoms with Crippen molar-refractivity contribution in [3.05, 3.63) is 80.4 Å². The Labute approximate surface area is 164 Å². The number of fused-ring (bicyclic) bond motifs is 1. The highest BCUT2D eigenvalue weighted by atomic mass is 35.5. The molecule has 4 rings (SSSR count). The number of hydrogen-bond donors (Lipinski definition) is 1. The summed E-state index contributed by atoms with van der Waals surface area (Å²) in [6, 6.07) is 10.8. The molecule has 3 aromatic rings. The van der Waals surface area contributed by atoms with Gasteiger partial charge in [-0.3, -0.25) is 4.79 Å². The average molecular weight is 406 g/mol. The Bertz CT molecular complexity index is 1050. The van der Waals surface area contributed by atoms with Crippen LogP contribution in [0.15, 0.2) is 53.5 Å². The average Bonchev–Trinajstić information content (AvgIpc) is 2.67. The molecule has 0 spiro atoms. The van der Waals surface area contributed by atoms with Gasteiger partial charge in [0.2, 0.25) is 0 Å². The number of rotatable bonds is 3. The second kappa shape index (κ2) is 7.21. The first-order valence-electron chi connectivity index (χ1n) is 8.25. The smallest absolute Gasteiger partial charge is 0.292 e. The van der Waals surface area contributed by atoms with Crippen molar-refractivity contribution in [3.63, 3.8) is 0 Å². The number of halogens is 3. The first-order chi connectivity index (χ1) is 13.0. The summed E-state index contributed by atoms with van der Waals surface area (Å²) in [5.74, 6) is 0.257. The molecule has 1 aliphatic heterocycles. The number of nitrogens with one attached hydrogen (secondary N) is 1. The van der Waals surface area contributed by atoms with E-state index in [0.717, 1.165) is 0 Å². The maximum Gasteiger partial charge on any atom is 0.292 e. The second-order valence-electron chi connectivity index (χ2n) is 6.08. The monoisotopic (exact) mass is 405 g/mol. The molecule has 8 heteroatoms. The minimum absolute atomic E-state index is 0.00407. The highest BCUT2D eigenvalue weighted by molar-refractivity contribution is 6.33. The highest BCUT2D eigenvalue weighted by Gasteiger charge is 2.23. The molecule has 1 N–H and O–H groups in total. The summed E-state index contributed by atoms with van der Waals surface area (Å²) < 4.78 is 20.4. The third-order valence-corrected chi connectivity index (χ3v) is 4.95. The van der Waals surface area contributed by atoms with Crippen molar-refractivity contribution in [1.29, 1.82) is 0 Å². The number of nitrogens with zero attached hydrogens (tertiary/aromatic N) is 2. The molecule has 1 aliphatic rings. The Hall–Kier alpha value is -2.57. The van der Waals surface area contributed by atoms with Crippen molar-refractivity contribution in [2.24, 2.45) is 0 Å². The molecule has 0 aliphatic carbocycles. The zero-order valence-electron chi connectivity index (χ0n) is 14.0. The van der Waals surface area contributed by atoms with Gasteiger partial charge in [0.15, 0.2) is 0 Å². The Morgan fingerprint density at radius 1 is 1.19 bits per heavy atom. The Balaban J connectivity index is 1.67. The van der Waals surface area contributed by atoms with E-state index in [1.807, 2.05) is 0 Å². The fourth-order valence-electron chi connectivity index (χ4n) is 3.00. The van der Waals surface area contributed by atoms with Gasteiger partial charge in [0, 0.05) is 17.0 Å². The van der Waals surface area contributed by atoms with E-state index in [4.69, 9.17) is 27.9 Å². The molecular weight excluding hydrogens is 392 g/mol. The topological polar surface area (TPSA) is 56.1 Å². The molecule has 0 amide bonds. The third kappa shape index (κ3) is 3.50. The van der Waals surface area contributed by atoms with Crippen LogP contribution >= 0.6 is 23.2 Å². The van der Waals surface area contributed by atoms with E-state index >= 15 is 0 Å². The Morgan fingerprint density at radius 2 is 1.96 bits per heavy atom. The molecular formula is C19H14Cl2FN3O2.